The van der Waals surface area contributed by atoms with Crippen molar-refractivity contribution in [1.29, 1.82) is 0 Å². The number of nitrogens with one attached hydrogen (secondary N) is 1. The van der Waals surface area contributed by atoms with Gasteiger partial charge < -0.3 is 5.73 Å². The van der Waals surface area contributed by atoms with Crippen LogP contribution in [0.1, 0.15) is 11.1 Å². The van der Waals surface area contributed by atoms with Gasteiger partial charge in [-0.3, -0.25) is 0 Å². The van der Waals surface area contributed by atoms with Crippen molar-refractivity contribution in [1.82, 2.24) is 5.43 Å². The second kappa shape index (κ2) is 5.21. The minimum absolute atomic E-state index is 0.0461. The number of urea groups is 1. The van der Waals surface area contributed by atoms with Crippen LogP contribution in [-0.2, 0) is 5.92 Å². The summed E-state index contributed by atoms with van der Waals surface area (Å²) in [5.41, 5.74) is 5.20. The highest BCUT2D eigenvalue weighted by Crippen LogP contribution is 2.43. The number of hydrogen-bond donors (Lipinski definition) is 2. The number of primary amides is 1. The molecule has 0 aliphatic carbocycles. The van der Waals surface area contributed by atoms with Gasteiger partial charge in [-0.2, -0.15) is 27.1 Å². The summed E-state index contributed by atoms with van der Waals surface area (Å²) < 4.78 is 62.5. The third-order valence-electron chi connectivity index (χ3n) is 1.99. The van der Waals surface area contributed by atoms with Gasteiger partial charge in [0.1, 0.15) is 0 Å². The van der Waals surface area contributed by atoms with Crippen LogP contribution in [-0.4, -0.2) is 18.4 Å². The van der Waals surface area contributed by atoms with Crippen molar-refractivity contribution in [3.63, 3.8) is 0 Å². The molecule has 0 atom stereocenters. The van der Waals surface area contributed by atoms with Crippen LogP contribution in [0.4, 0.5) is 26.7 Å². The second-order valence-corrected chi connectivity index (χ2v) is 3.43. The lowest BCUT2D eigenvalue weighted by atomic mass is 10.1. The summed E-state index contributed by atoms with van der Waals surface area (Å²) in [6.07, 6.45) is -4.80. The third kappa shape index (κ3) is 3.63. The van der Waals surface area contributed by atoms with Gasteiger partial charge in [-0.15, -0.1) is 0 Å². The maximum Gasteiger partial charge on any atom is 0.458 e. The average Bonchev–Trinajstić information content (AvgIpc) is 2.27. The lowest BCUT2D eigenvalue weighted by Crippen LogP contribution is -2.33. The van der Waals surface area contributed by atoms with Gasteiger partial charge in [-0.05, 0) is 11.6 Å². The van der Waals surface area contributed by atoms with E-state index in [1.165, 1.54) is 6.07 Å². The number of amides is 2. The Morgan fingerprint density at radius 3 is 2.42 bits per heavy atom. The van der Waals surface area contributed by atoms with Crippen molar-refractivity contribution in [2.24, 2.45) is 10.8 Å². The molecule has 0 aromatic heterocycles. The Balaban J connectivity index is 3.01. The highest BCUT2D eigenvalue weighted by Gasteiger charge is 2.58. The quantitative estimate of drug-likeness (QED) is 0.498. The zero-order valence-electron chi connectivity index (χ0n) is 9.21. The molecule has 3 N–H and O–H groups in total. The largest absolute Gasteiger partial charge is 0.458 e. The van der Waals surface area contributed by atoms with E-state index in [1.807, 2.05) is 0 Å². The fourth-order valence-corrected chi connectivity index (χ4v) is 1.15. The molecule has 0 heterocycles. The molecule has 0 unspecified atom stereocenters. The SMILES string of the molecule is NC(=O)NN=Cc1cccc(C(F)(F)C(F)(F)F)c1. The average molecular weight is 281 g/mol. The molecule has 0 fully saturated rings. The fourth-order valence-electron chi connectivity index (χ4n) is 1.15. The van der Waals surface area contributed by atoms with Gasteiger partial charge in [0.25, 0.3) is 0 Å². The van der Waals surface area contributed by atoms with Crippen molar-refractivity contribution in [3.8, 4) is 0 Å². The third-order valence-corrected chi connectivity index (χ3v) is 1.99. The second-order valence-electron chi connectivity index (χ2n) is 3.43. The van der Waals surface area contributed by atoms with Crippen LogP contribution in [0.3, 0.4) is 0 Å². The molecule has 104 valence electrons. The zero-order chi connectivity index (χ0) is 14.7. The normalized spacial score (nSPS) is 12.7. The molecule has 1 aromatic rings. The Hall–Kier alpha value is -2.19. The van der Waals surface area contributed by atoms with Crippen LogP contribution in [0.15, 0.2) is 29.4 Å². The number of nitrogens with two attached hydrogens (primary N) is 1. The Bertz CT molecular complexity index is 498. The summed E-state index contributed by atoms with van der Waals surface area (Å²) in [6.45, 7) is 0. The molecule has 0 spiro atoms. The van der Waals surface area contributed by atoms with Gasteiger partial charge >= 0.3 is 18.1 Å². The van der Waals surface area contributed by atoms with E-state index in [1.54, 1.807) is 5.43 Å². The zero-order valence-corrected chi connectivity index (χ0v) is 9.21. The summed E-state index contributed by atoms with van der Waals surface area (Å²) >= 11 is 0. The minimum Gasteiger partial charge on any atom is -0.350 e. The number of carbonyl (C=O) groups excluding carboxylic acids is 1. The monoisotopic (exact) mass is 281 g/mol. The molecule has 0 saturated carbocycles. The van der Waals surface area contributed by atoms with Crippen molar-refractivity contribution in [2.75, 3.05) is 0 Å². The predicted molar refractivity (Wildman–Crippen MR) is 56.7 cm³/mol. The highest BCUT2D eigenvalue weighted by atomic mass is 19.4. The fraction of sp³-hybridized carbons (Fsp3) is 0.200. The van der Waals surface area contributed by atoms with E-state index in [0.29, 0.717) is 12.1 Å². The molecule has 0 bridgehead atoms. The first-order chi connectivity index (χ1) is 8.64. The maximum absolute atomic E-state index is 13.0. The number of rotatable bonds is 3. The maximum atomic E-state index is 13.0. The van der Waals surface area contributed by atoms with Crippen LogP contribution in [0.25, 0.3) is 0 Å². The van der Waals surface area contributed by atoms with Gasteiger partial charge in [0, 0.05) is 5.56 Å². The molecule has 9 heteroatoms. The molecule has 0 saturated heterocycles. The predicted octanol–water partition coefficient (Wildman–Crippen LogP) is 2.34. The Morgan fingerprint density at radius 2 is 1.89 bits per heavy atom. The van der Waals surface area contributed by atoms with E-state index in [-0.39, 0.29) is 5.56 Å². The molecule has 2 amide bonds. The van der Waals surface area contributed by atoms with Crippen LogP contribution in [0.5, 0.6) is 0 Å². The lowest BCUT2D eigenvalue weighted by molar-refractivity contribution is -0.289. The molecule has 0 aliphatic heterocycles. The van der Waals surface area contributed by atoms with Crippen LogP contribution in [0, 0.1) is 0 Å². The van der Waals surface area contributed by atoms with Crippen LogP contribution < -0.4 is 11.2 Å². The number of hydrogen-bond acceptors (Lipinski definition) is 2. The molecular weight excluding hydrogens is 273 g/mol. The summed E-state index contributed by atoms with van der Waals surface area (Å²) in [4.78, 5) is 10.3. The van der Waals surface area contributed by atoms with E-state index in [4.69, 9.17) is 0 Å². The van der Waals surface area contributed by atoms with Gasteiger partial charge in [0.15, 0.2) is 0 Å². The molecule has 0 aliphatic rings. The number of nitrogens with zero attached hydrogens (tertiary/aromatic N) is 1. The van der Waals surface area contributed by atoms with E-state index in [2.05, 4.69) is 10.8 Å². The van der Waals surface area contributed by atoms with Crippen molar-refractivity contribution < 1.29 is 26.7 Å². The van der Waals surface area contributed by atoms with E-state index >= 15 is 0 Å². The number of alkyl halides is 5. The first-order valence-electron chi connectivity index (χ1n) is 4.78. The first-order valence-corrected chi connectivity index (χ1v) is 4.78. The number of carbonyl (C=O) groups is 1. The molecule has 4 nitrogen and oxygen atoms in total. The van der Waals surface area contributed by atoms with E-state index in [9.17, 15) is 26.7 Å². The van der Waals surface area contributed by atoms with E-state index in [0.717, 1.165) is 12.3 Å². The summed E-state index contributed by atoms with van der Waals surface area (Å²) in [5, 5.41) is 3.25. The smallest absolute Gasteiger partial charge is 0.350 e. The highest BCUT2D eigenvalue weighted by molar-refractivity contribution is 5.81. The summed E-state index contributed by atoms with van der Waals surface area (Å²) in [7, 11) is 0. The Labute approximate surface area is 104 Å². The van der Waals surface area contributed by atoms with Gasteiger partial charge in [-0.1, -0.05) is 18.2 Å². The molecule has 1 rings (SSSR count). The number of halogens is 5. The number of benzene rings is 1. The Morgan fingerprint density at radius 1 is 1.26 bits per heavy atom. The minimum atomic E-state index is -5.69. The lowest BCUT2D eigenvalue weighted by Gasteiger charge is -2.19. The molecular formula is C10H8F5N3O. The first kappa shape index (κ1) is 14.9. The van der Waals surface area contributed by atoms with Crippen molar-refractivity contribution >= 4 is 12.2 Å². The Kier molecular flexibility index (Phi) is 4.07. The van der Waals surface area contributed by atoms with Crippen molar-refractivity contribution in [2.45, 2.75) is 12.1 Å². The summed E-state index contributed by atoms with van der Waals surface area (Å²) in [5.74, 6) is -4.96. The van der Waals surface area contributed by atoms with Crippen molar-refractivity contribution in [3.05, 3.63) is 35.4 Å². The molecule has 1 aromatic carbocycles. The van der Waals surface area contributed by atoms with E-state index < -0.39 is 23.7 Å². The standard InChI is InChI=1S/C10H8F5N3O/c11-9(12,10(13,14)15)7-3-1-2-6(4-7)5-17-18-8(16)19/h1-5H,(H3,16,18,19). The van der Waals surface area contributed by atoms with Crippen LogP contribution in [0.2, 0.25) is 0 Å². The van der Waals surface area contributed by atoms with Gasteiger partial charge in [-0.25, -0.2) is 10.2 Å². The summed E-state index contributed by atoms with van der Waals surface area (Å²) in [6, 6.07) is 2.52. The van der Waals surface area contributed by atoms with Crippen LogP contribution >= 0.6 is 0 Å². The molecule has 19 heavy (non-hydrogen) atoms. The molecule has 0 radical (unpaired) electrons. The number of hydrazone groups is 1. The van der Waals surface area contributed by atoms with Gasteiger partial charge in [0.05, 0.1) is 6.21 Å². The topological polar surface area (TPSA) is 67.5 Å². The van der Waals surface area contributed by atoms with Gasteiger partial charge in [0.2, 0.25) is 0 Å².